The third kappa shape index (κ3) is 10.2. The molecule has 262 valence electrons. The minimum absolute atomic E-state index is 0.364. The fourth-order valence-electron chi connectivity index (χ4n) is 6.40. The third-order valence-electron chi connectivity index (χ3n) is 9.28. The highest BCUT2D eigenvalue weighted by Crippen LogP contribution is 2.32. The molecule has 50 heavy (non-hydrogen) atoms. The summed E-state index contributed by atoms with van der Waals surface area (Å²) in [6.07, 6.45) is 16.0. The highest BCUT2D eigenvalue weighted by molar-refractivity contribution is 6.12. The average molecular weight is 673 g/mol. The van der Waals surface area contributed by atoms with Crippen molar-refractivity contribution in [1.29, 1.82) is 0 Å². The number of benzene rings is 3. The Bertz CT molecular complexity index is 1690. The lowest BCUT2D eigenvalue weighted by Crippen LogP contribution is -2.10. The topological polar surface area (TPSA) is 78.4 Å². The number of rotatable bonds is 20. The molecule has 0 aliphatic heterocycles. The van der Waals surface area contributed by atoms with Gasteiger partial charge in [0.1, 0.15) is 0 Å². The molecule has 0 unspecified atom stereocenters. The Balaban J connectivity index is 1.47. The molecule has 2 aromatic heterocycles. The van der Waals surface area contributed by atoms with Gasteiger partial charge in [0.2, 0.25) is 0 Å². The molecule has 0 saturated heterocycles. The van der Waals surface area contributed by atoms with Crippen LogP contribution in [0.5, 0.6) is 0 Å². The van der Waals surface area contributed by atoms with Crippen molar-refractivity contribution >= 4 is 33.7 Å². The zero-order valence-electron chi connectivity index (χ0n) is 29.9. The van der Waals surface area contributed by atoms with Gasteiger partial charge in [-0.05, 0) is 37.1 Å². The second kappa shape index (κ2) is 19.6. The van der Waals surface area contributed by atoms with Gasteiger partial charge in [0.15, 0.2) is 0 Å². The van der Waals surface area contributed by atoms with Crippen molar-refractivity contribution in [2.24, 2.45) is 0 Å². The SMILES string of the molecule is CCCCCCCCCOC(=O)c1cc(-c2ccccc2)nc2cc3nc(-c4ccccc4)cc(C(=O)OCCCCCCCCC)c3cc12. The van der Waals surface area contributed by atoms with Gasteiger partial charge < -0.3 is 9.47 Å². The van der Waals surface area contributed by atoms with E-state index in [-0.39, 0.29) is 0 Å². The number of carbonyl (C=O) groups excluding carboxylic acids is 2. The molecule has 2 heterocycles. The molecule has 0 spiro atoms. The van der Waals surface area contributed by atoms with Crippen molar-refractivity contribution in [1.82, 2.24) is 9.97 Å². The summed E-state index contributed by atoms with van der Waals surface area (Å²) in [5.41, 5.74) is 5.22. The van der Waals surface area contributed by atoms with E-state index in [0.29, 0.717) is 57.5 Å². The number of pyridine rings is 2. The highest BCUT2D eigenvalue weighted by atomic mass is 16.5. The van der Waals surface area contributed by atoms with Crippen molar-refractivity contribution in [2.75, 3.05) is 13.2 Å². The van der Waals surface area contributed by atoms with E-state index in [4.69, 9.17) is 19.4 Å². The molecular formula is C44H52N2O4. The molecule has 0 atom stereocenters. The van der Waals surface area contributed by atoms with Crippen molar-refractivity contribution in [3.8, 4) is 22.5 Å². The largest absolute Gasteiger partial charge is 0.462 e. The number of nitrogens with zero attached hydrogens (tertiary/aromatic N) is 2. The number of hydrogen-bond donors (Lipinski definition) is 0. The molecule has 0 N–H and O–H groups in total. The van der Waals surface area contributed by atoms with E-state index in [0.717, 1.165) is 49.7 Å². The van der Waals surface area contributed by atoms with Crippen molar-refractivity contribution in [2.45, 2.75) is 104 Å². The molecule has 3 aromatic carbocycles. The quantitative estimate of drug-likeness (QED) is 0.0465. The lowest BCUT2D eigenvalue weighted by Gasteiger charge is -2.14. The van der Waals surface area contributed by atoms with Gasteiger partial charge in [-0.25, -0.2) is 19.6 Å². The van der Waals surface area contributed by atoms with Gasteiger partial charge >= 0.3 is 11.9 Å². The minimum Gasteiger partial charge on any atom is -0.462 e. The standard InChI is InChI=1S/C44H52N2O4/c1-3-5-7-9-11-13-21-27-49-43(47)37-30-39(33-23-17-15-18-24-33)45-41-32-42-36(29-35(37)41)38(31-40(46-42)34-25-19-16-20-26-34)44(48)50-28-22-14-12-10-8-6-4-2/h15-20,23-26,29-32H,3-14,21-22,27-28H2,1-2H3. The number of esters is 2. The first-order chi connectivity index (χ1) is 24.6. The Morgan fingerprint density at radius 1 is 0.480 bits per heavy atom. The average Bonchev–Trinajstić information content (AvgIpc) is 3.15. The first-order valence-electron chi connectivity index (χ1n) is 18.8. The van der Waals surface area contributed by atoms with Gasteiger partial charge in [-0.2, -0.15) is 0 Å². The second-order valence-corrected chi connectivity index (χ2v) is 13.2. The van der Waals surface area contributed by atoms with Crippen LogP contribution in [0.3, 0.4) is 0 Å². The van der Waals surface area contributed by atoms with Crippen LogP contribution < -0.4 is 0 Å². The third-order valence-corrected chi connectivity index (χ3v) is 9.28. The molecule has 6 heteroatoms. The Labute approximate surface area is 297 Å². The molecular weight excluding hydrogens is 620 g/mol. The molecule has 0 radical (unpaired) electrons. The summed E-state index contributed by atoms with van der Waals surface area (Å²) in [7, 11) is 0. The van der Waals surface area contributed by atoms with Gasteiger partial charge in [-0.1, -0.05) is 152 Å². The normalized spacial score (nSPS) is 11.2. The van der Waals surface area contributed by atoms with Gasteiger partial charge in [0.25, 0.3) is 0 Å². The van der Waals surface area contributed by atoms with Crippen LogP contribution in [0.25, 0.3) is 44.3 Å². The van der Waals surface area contributed by atoms with Crippen molar-refractivity contribution < 1.29 is 19.1 Å². The van der Waals surface area contributed by atoms with Crippen LogP contribution in [0.4, 0.5) is 0 Å². The summed E-state index contributed by atoms with van der Waals surface area (Å²) < 4.78 is 11.7. The summed E-state index contributed by atoms with van der Waals surface area (Å²) in [6, 6.07) is 27.0. The zero-order chi connectivity index (χ0) is 35.0. The maximum Gasteiger partial charge on any atom is 0.338 e. The maximum absolute atomic E-state index is 13.7. The predicted octanol–water partition coefficient (Wildman–Crippen LogP) is 11.9. The molecule has 5 rings (SSSR count). The summed E-state index contributed by atoms with van der Waals surface area (Å²) in [4.78, 5) is 37.5. The molecule has 0 fully saturated rings. The van der Waals surface area contributed by atoms with Crippen LogP contribution in [-0.2, 0) is 9.47 Å². The molecule has 0 aliphatic rings. The van der Waals surface area contributed by atoms with Crippen LogP contribution in [0.2, 0.25) is 0 Å². The van der Waals surface area contributed by atoms with Gasteiger partial charge in [-0.3, -0.25) is 0 Å². The molecule has 6 nitrogen and oxygen atoms in total. The Morgan fingerprint density at radius 3 is 1.26 bits per heavy atom. The molecule has 0 amide bonds. The van der Waals surface area contributed by atoms with E-state index in [1.807, 2.05) is 72.8 Å². The molecule has 0 bridgehead atoms. The first-order valence-corrected chi connectivity index (χ1v) is 18.8. The number of fused-ring (bicyclic) bond motifs is 2. The first kappa shape index (κ1) is 36.7. The fraction of sp³-hybridized carbons (Fsp3) is 0.409. The van der Waals surface area contributed by atoms with E-state index < -0.39 is 11.9 Å². The number of aromatic nitrogens is 2. The van der Waals surface area contributed by atoms with E-state index >= 15 is 0 Å². The molecule has 0 saturated carbocycles. The lowest BCUT2D eigenvalue weighted by molar-refractivity contribution is 0.0491. The number of hydrogen-bond acceptors (Lipinski definition) is 6. The number of unbranched alkanes of at least 4 members (excludes halogenated alkanes) is 12. The van der Waals surface area contributed by atoms with Gasteiger partial charge in [0, 0.05) is 21.9 Å². The van der Waals surface area contributed by atoms with E-state index in [1.165, 1.54) is 51.4 Å². The highest BCUT2D eigenvalue weighted by Gasteiger charge is 2.21. The summed E-state index contributed by atoms with van der Waals surface area (Å²) >= 11 is 0. The van der Waals surface area contributed by atoms with Crippen LogP contribution in [-0.4, -0.2) is 35.1 Å². The van der Waals surface area contributed by atoms with Gasteiger partial charge in [-0.15, -0.1) is 0 Å². The monoisotopic (exact) mass is 672 g/mol. The Hall–Kier alpha value is -4.58. The summed E-state index contributed by atoms with van der Waals surface area (Å²) in [5.74, 6) is -0.784. The Morgan fingerprint density at radius 2 is 0.860 bits per heavy atom. The van der Waals surface area contributed by atoms with Gasteiger partial charge in [0.05, 0.1) is 46.8 Å². The van der Waals surface area contributed by atoms with E-state index in [9.17, 15) is 9.59 Å². The Kier molecular flexibility index (Phi) is 14.4. The molecule has 5 aromatic rings. The zero-order valence-corrected chi connectivity index (χ0v) is 29.9. The van der Waals surface area contributed by atoms with Crippen LogP contribution in [0.15, 0.2) is 84.9 Å². The van der Waals surface area contributed by atoms with Crippen LogP contribution in [0, 0.1) is 0 Å². The van der Waals surface area contributed by atoms with Crippen molar-refractivity contribution in [3.05, 3.63) is 96.1 Å². The summed E-state index contributed by atoms with van der Waals surface area (Å²) in [6.45, 7) is 5.17. The molecule has 0 aliphatic carbocycles. The van der Waals surface area contributed by atoms with E-state index in [2.05, 4.69) is 13.8 Å². The number of ether oxygens (including phenoxy) is 2. The number of carbonyl (C=O) groups is 2. The lowest BCUT2D eigenvalue weighted by atomic mass is 9.99. The van der Waals surface area contributed by atoms with Crippen molar-refractivity contribution in [3.63, 3.8) is 0 Å². The smallest absolute Gasteiger partial charge is 0.338 e. The second-order valence-electron chi connectivity index (χ2n) is 13.2. The fourth-order valence-corrected chi connectivity index (χ4v) is 6.40. The minimum atomic E-state index is -0.392. The van der Waals surface area contributed by atoms with Crippen LogP contribution >= 0.6 is 0 Å². The summed E-state index contributed by atoms with van der Waals surface area (Å²) in [5, 5.41) is 1.24. The maximum atomic E-state index is 13.7. The predicted molar refractivity (Wildman–Crippen MR) is 204 cm³/mol. The van der Waals surface area contributed by atoms with E-state index in [1.54, 1.807) is 12.1 Å². The van der Waals surface area contributed by atoms with Crippen LogP contribution in [0.1, 0.15) is 124 Å².